The van der Waals surface area contributed by atoms with Crippen LogP contribution in [0.3, 0.4) is 0 Å². The SMILES string of the molecule is CC(C)(CNC(C)(C)C)CN1CCCCCCC1. The lowest BCUT2D eigenvalue weighted by molar-refractivity contribution is 0.155. The van der Waals surface area contributed by atoms with E-state index in [1.165, 1.54) is 51.7 Å². The van der Waals surface area contributed by atoms with E-state index in [2.05, 4.69) is 44.8 Å². The van der Waals surface area contributed by atoms with Crippen LogP contribution in [0.4, 0.5) is 0 Å². The van der Waals surface area contributed by atoms with Gasteiger partial charge in [0.2, 0.25) is 0 Å². The molecule has 1 aliphatic rings. The van der Waals surface area contributed by atoms with E-state index >= 15 is 0 Å². The van der Waals surface area contributed by atoms with Gasteiger partial charge in [0.1, 0.15) is 0 Å². The number of hydrogen-bond acceptors (Lipinski definition) is 2. The fraction of sp³-hybridized carbons (Fsp3) is 1.00. The zero-order valence-electron chi connectivity index (χ0n) is 13.3. The van der Waals surface area contributed by atoms with E-state index in [-0.39, 0.29) is 5.54 Å². The average Bonchev–Trinajstić information content (AvgIpc) is 2.18. The molecule has 0 aromatic heterocycles. The van der Waals surface area contributed by atoms with Crippen molar-refractivity contribution in [1.29, 1.82) is 0 Å². The third kappa shape index (κ3) is 7.38. The van der Waals surface area contributed by atoms with Crippen molar-refractivity contribution in [3.8, 4) is 0 Å². The molecule has 0 unspecified atom stereocenters. The summed E-state index contributed by atoms with van der Waals surface area (Å²) in [6.45, 7) is 16.5. The second kappa shape index (κ2) is 6.91. The van der Waals surface area contributed by atoms with Gasteiger partial charge in [0.05, 0.1) is 0 Å². The number of hydrogen-bond donors (Lipinski definition) is 1. The van der Waals surface area contributed by atoms with E-state index in [9.17, 15) is 0 Å². The summed E-state index contributed by atoms with van der Waals surface area (Å²) >= 11 is 0. The fourth-order valence-corrected chi connectivity index (χ4v) is 2.64. The Morgan fingerprint density at radius 3 is 1.83 bits per heavy atom. The van der Waals surface area contributed by atoms with Gasteiger partial charge in [-0.15, -0.1) is 0 Å². The van der Waals surface area contributed by atoms with Crippen molar-refractivity contribution in [3.63, 3.8) is 0 Å². The Kier molecular flexibility index (Phi) is 6.13. The molecule has 0 saturated carbocycles. The predicted octanol–water partition coefficient (Wildman–Crippen LogP) is 3.67. The van der Waals surface area contributed by atoms with Crippen LogP contribution in [0.15, 0.2) is 0 Å². The lowest BCUT2D eigenvalue weighted by Gasteiger charge is -2.36. The Morgan fingerprint density at radius 1 is 0.833 bits per heavy atom. The number of likely N-dealkylation sites (tertiary alicyclic amines) is 1. The van der Waals surface area contributed by atoms with Gasteiger partial charge in [-0.25, -0.2) is 0 Å². The van der Waals surface area contributed by atoms with Gasteiger partial charge in [-0.2, -0.15) is 0 Å². The average molecular weight is 254 g/mol. The standard InChI is InChI=1S/C16H34N2/c1-15(2,3)17-13-16(4,5)14-18-11-9-7-6-8-10-12-18/h17H,6-14H2,1-5H3. The molecule has 0 spiro atoms. The predicted molar refractivity (Wildman–Crippen MR) is 81.1 cm³/mol. The van der Waals surface area contributed by atoms with Crippen molar-refractivity contribution in [2.45, 2.75) is 72.3 Å². The molecule has 2 heteroatoms. The van der Waals surface area contributed by atoms with Crippen LogP contribution in [0, 0.1) is 5.41 Å². The minimum absolute atomic E-state index is 0.230. The van der Waals surface area contributed by atoms with Crippen molar-refractivity contribution in [2.75, 3.05) is 26.2 Å². The summed E-state index contributed by atoms with van der Waals surface area (Å²) in [7, 11) is 0. The molecule has 108 valence electrons. The summed E-state index contributed by atoms with van der Waals surface area (Å²) in [5, 5.41) is 3.65. The first kappa shape index (κ1) is 16.0. The molecule has 0 bridgehead atoms. The van der Waals surface area contributed by atoms with Crippen LogP contribution >= 0.6 is 0 Å². The molecule has 0 aromatic carbocycles. The maximum Gasteiger partial charge on any atom is 0.00967 e. The largest absolute Gasteiger partial charge is 0.311 e. The van der Waals surface area contributed by atoms with E-state index in [4.69, 9.17) is 0 Å². The molecule has 1 rings (SSSR count). The molecule has 0 radical (unpaired) electrons. The normalized spacial score (nSPS) is 20.5. The van der Waals surface area contributed by atoms with Gasteiger partial charge in [-0.1, -0.05) is 33.1 Å². The lowest BCUT2D eigenvalue weighted by Crippen LogP contribution is -2.46. The quantitative estimate of drug-likeness (QED) is 0.823. The molecule has 0 amide bonds. The highest BCUT2D eigenvalue weighted by Gasteiger charge is 2.24. The maximum atomic E-state index is 3.65. The lowest BCUT2D eigenvalue weighted by atomic mass is 9.90. The Balaban J connectivity index is 2.37. The van der Waals surface area contributed by atoms with E-state index in [0.717, 1.165) is 6.54 Å². The van der Waals surface area contributed by atoms with Crippen LogP contribution < -0.4 is 5.32 Å². The van der Waals surface area contributed by atoms with Gasteiger partial charge >= 0.3 is 0 Å². The van der Waals surface area contributed by atoms with E-state index < -0.39 is 0 Å². The van der Waals surface area contributed by atoms with Crippen molar-refractivity contribution < 1.29 is 0 Å². The highest BCUT2D eigenvalue weighted by Crippen LogP contribution is 2.20. The third-order valence-electron chi connectivity index (χ3n) is 3.70. The first-order chi connectivity index (χ1) is 8.29. The molecule has 1 saturated heterocycles. The second-order valence-corrected chi connectivity index (χ2v) is 7.81. The minimum Gasteiger partial charge on any atom is -0.311 e. The molecular weight excluding hydrogens is 220 g/mol. The first-order valence-corrected chi connectivity index (χ1v) is 7.76. The molecule has 0 aromatic rings. The topological polar surface area (TPSA) is 15.3 Å². The minimum atomic E-state index is 0.230. The van der Waals surface area contributed by atoms with Gasteiger partial charge in [0.15, 0.2) is 0 Å². The Morgan fingerprint density at radius 2 is 1.33 bits per heavy atom. The molecular formula is C16H34N2. The smallest absolute Gasteiger partial charge is 0.00967 e. The van der Waals surface area contributed by atoms with Crippen molar-refractivity contribution in [1.82, 2.24) is 10.2 Å². The number of nitrogens with one attached hydrogen (secondary N) is 1. The molecule has 1 aliphatic heterocycles. The molecule has 18 heavy (non-hydrogen) atoms. The highest BCUT2D eigenvalue weighted by molar-refractivity contribution is 4.81. The zero-order valence-corrected chi connectivity index (χ0v) is 13.3. The Bertz CT molecular complexity index is 220. The molecule has 2 nitrogen and oxygen atoms in total. The van der Waals surface area contributed by atoms with E-state index in [1.54, 1.807) is 0 Å². The molecule has 1 N–H and O–H groups in total. The summed E-state index contributed by atoms with van der Waals surface area (Å²) in [4.78, 5) is 2.68. The van der Waals surface area contributed by atoms with E-state index in [0.29, 0.717) is 5.41 Å². The molecule has 0 atom stereocenters. The second-order valence-electron chi connectivity index (χ2n) is 7.81. The fourth-order valence-electron chi connectivity index (χ4n) is 2.64. The summed E-state index contributed by atoms with van der Waals surface area (Å²) in [5.74, 6) is 0. The van der Waals surface area contributed by atoms with E-state index in [1.807, 2.05) is 0 Å². The number of nitrogens with zero attached hydrogens (tertiary/aromatic N) is 1. The van der Waals surface area contributed by atoms with Gasteiger partial charge in [-0.3, -0.25) is 0 Å². The van der Waals surface area contributed by atoms with Crippen LogP contribution in [0.1, 0.15) is 66.7 Å². The van der Waals surface area contributed by atoms with Crippen molar-refractivity contribution >= 4 is 0 Å². The van der Waals surface area contributed by atoms with Gasteiger partial charge in [0, 0.05) is 18.6 Å². The summed E-state index contributed by atoms with van der Waals surface area (Å²) in [6.07, 6.45) is 7.09. The van der Waals surface area contributed by atoms with Crippen molar-refractivity contribution in [2.24, 2.45) is 5.41 Å². The van der Waals surface area contributed by atoms with Crippen molar-refractivity contribution in [3.05, 3.63) is 0 Å². The molecule has 1 fully saturated rings. The van der Waals surface area contributed by atoms with Crippen LogP contribution in [0.25, 0.3) is 0 Å². The first-order valence-electron chi connectivity index (χ1n) is 7.76. The zero-order chi connectivity index (χ0) is 13.6. The van der Waals surface area contributed by atoms with Gasteiger partial charge < -0.3 is 10.2 Å². The van der Waals surface area contributed by atoms with Gasteiger partial charge in [-0.05, 0) is 52.1 Å². The highest BCUT2D eigenvalue weighted by atomic mass is 15.1. The Labute approximate surface area is 115 Å². The maximum absolute atomic E-state index is 3.65. The van der Waals surface area contributed by atoms with Gasteiger partial charge in [0.25, 0.3) is 0 Å². The third-order valence-corrected chi connectivity index (χ3v) is 3.70. The summed E-state index contributed by atoms with van der Waals surface area (Å²) in [5.41, 5.74) is 0.597. The van der Waals surface area contributed by atoms with Crippen LogP contribution in [-0.2, 0) is 0 Å². The molecule has 1 heterocycles. The molecule has 0 aliphatic carbocycles. The summed E-state index contributed by atoms with van der Waals surface area (Å²) < 4.78 is 0. The monoisotopic (exact) mass is 254 g/mol. The number of rotatable bonds is 4. The van der Waals surface area contributed by atoms with Crippen LogP contribution in [0.5, 0.6) is 0 Å². The van der Waals surface area contributed by atoms with Crippen LogP contribution in [-0.4, -0.2) is 36.6 Å². The van der Waals surface area contributed by atoms with Crippen LogP contribution in [0.2, 0.25) is 0 Å². The summed E-state index contributed by atoms with van der Waals surface area (Å²) in [6, 6.07) is 0. The Hall–Kier alpha value is -0.0800.